The van der Waals surface area contributed by atoms with Gasteiger partial charge in [-0.2, -0.15) is 0 Å². The highest BCUT2D eigenvalue weighted by Crippen LogP contribution is 2.04. The number of urea groups is 1. The third-order valence-electron chi connectivity index (χ3n) is 1.93. The minimum atomic E-state index is -0.0932. The van der Waals surface area contributed by atoms with Crippen LogP contribution in [0.1, 0.15) is 12.8 Å². The molecule has 0 aromatic carbocycles. The average molecular weight is 157 g/mol. The summed E-state index contributed by atoms with van der Waals surface area (Å²) in [5.74, 6) is 0. The molecule has 0 aromatic rings. The molecular weight excluding hydrogens is 142 g/mol. The van der Waals surface area contributed by atoms with E-state index in [4.69, 9.17) is 0 Å². The Balaban J connectivity index is 1.90. The summed E-state index contributed by atoms with van der Waals surface area (Å²) in [6.07, 6.45) is 2.28. The summed E-state index contributed by atoms with van der Waals surface area (Å²) in [6, 6.07) is 0.538. The number of carbonyl (C=O) groups excluding carboxylic acids is 1. The van der Waals surface area contributed by atoms with E-state index >= 15 is 0 Å². The van der Waals surface area contributed by atoms with Crippen LogP contribution in [0.5, 0.6) is 0 Å². The molecule has 11 heavy (non-hydrogen) atoms. The maximum Gasteiger partial charge on any atom is 0.314 e. The minimum absolute atomic E-state index is 0.0932. The van der Waals surface area contributed by atoms with Crippen LogP contribution in [-0.4, -0.2) is 32.2 Å². The average Bonchev–Trinajstić information content (AvgIpc) is 1.94. The molecule has 2 amide bonds. The largest absolute Gasteiger partial charge is 0.341 e. The first-order valence-corrected chi connectivity index (χ1v) is 4.02. The smallest absolute Gasteiger partial charge is 0.314 e. The normalized spacial score (nSPS) is 22.1. The van der Waals surface area contributed by atoms with Crippen molar-refractivity contribution in [3.8, 4) is 0 Å². The fourth-order valence-corrected chi connectivity index (χ4v) is 1.04. The highest BCUT2D eigenvalue weighted by Gasteiger charge is 2.15. The first-order chi connectivity index (χ1) is 5.33. The third kappa shape index (κ3) is 2.76. The summed E-state index contributed by atoms with van der Waals surface area (Å²) in [6.45, 7) is 1.89. The molecule has 0 bridgehead atoms. The molecule has 3 N–H and O–H groups in total. The van der Waals surface area contributed by atoms with E-state index in [2.05, 4.69) is 16.0 Å². The molecule has 1 rings (SSSR count). The monoisotopic (exact) mass is 157 g/mol. The second-order valence-corrected chi connectivity index (χ2v) is 2.73. The van der Waals surface area contributed by atoms with Crippen molar-refractivity contribution >= 4 is 6.03 Å². The van der Waals surface area contributed by atoms with Gasteiger partial charge in [-0.15, -0.1) is 0 Å². The molecule has 1 atom stereocenters. The lowest BCUT2D eigenvalue weighted by Gasteiger charge is -2.27. The SMILES string of the molecule is CNC(=O)NCCC1CCN1. The third-order valence-corrected chi connectivity index (χ3v) is 1.93. The fourth-order valence-electron chi connectivity index (χ4n) is 1.04. The van der Waals surface area contributed by atoms with Crippen molar-refractivity contribution in [2.45, 2.75) is 18.9 Å². The lowest BCUT2D eigenvalue weighted by molar-refractivity contribution is 0.241. The second-order valence-electron chi connectivity index (χ2n) is 2.73. The lowest BCUT2D eigenvalue weighted by Crippen LogP contribution is -2.45. The molecule has 0 spiro atoms. The molecule has 1 fully saturated rings. The molecule has 4 heteroatoms. The van der Waals surface area contributed by atoms with Gasteiger partial charge in [-0.1, -0.05) is 0 Å². The van der Waals surface area contributed by atoms with E-state index in [0.29, 0.717) is 6.04 Å². The molecule has 0 aliphatic carbocycles. The Morgan fingerprint density at radius 3 is 2.91 bits per heavy atom. The Labute approximate surface area is 66.7 Å². The van der Waals surface area contributed by atoms with Crippen LogP contribution in [0, 0.1) is 0 Å². The Bertz CT molecular complexity index is 134. The predicted octanol–water partition coefficient (Wildman–Crippen LogP) is -0.333. The van der Waals surface area contributed by atoms with Gasteiger partial charge in [0, 0.05) is 19.6 Å². The van der Waals surface area contributed by atoms with Crippen LogP contribution in [0.2, 0.25) is 0 Å². The molecule has 64 valence electrons. The van der Waals surface area contributed by atoms with E-state index in [1.807, 2.05) is 0 Å². The fraction of sp³-hybridized carbons (Fsp3) is 0.857. The minimum Gasteiger partial charge on any atom is -0.341 e. The van der Waals surface area contributed by atoms with E-state index in [0.717, 1.165) is 19.5 Å². The van der Waals surface area contributed by atoms with Crippen molar-refractivity contribution in [2.75, 3.05) is 20.1 Å². The van der Waals surface area contributed by atoms with E-state index in [9.17, 15) is 4.79 Å². The number of amides is 2. The van der Waals surface area contributed by atoms with Crippen LogP contribution >= 0.6 is 0 Å². The van der Waals surface area contributed by atoms with Gasteiger partial charge >= 0.3 is 6.03 Å². The standard InChI is InChI=1S/C7H15N3O/c1-8-7(11)10-5-3-6-2-4-9-6/h6,9H,2-5H2,1H3,(H2,8,10,11). The quantitative estimate of drug-likeness (QED) is 0.525. The van der Waals surface area contributed by atoms with Gasteiger partial charge in [0.2, 0.25) is 0 Å². The summed E-state index contributed by atoms with van der Waals surface area (Å²) < 4.78 is 0. The summed E-state index contributed by atoms with van der Waals surface area (Å²) in [7, 11) is 1.62. The van der Waals surface area contributed by atoms with Gasteiger partial charge in [-0.05, 0) is 19.4 Å². The van der Waals surface area contributed by atoms with Crippen LogP contribution < -0.4 is 16.0 Å². The van der Waals surface area contributed by atoms with E-state index in [1.54, 1.807) is 7.05 Å². The van der Waals surface area contributed by atoms with Crippen LogP contribution in [0.4, 0.5) is 4.79 Å². The van der Waals surface area contributed by atoms with Crippen molar-refractivity contribution in [3.63, 3.8) is 0 Å². The topological polar surface area (TPSA) is 53.2 Å². The maximum atomic E-state index is 10.7. The Hall–Kier alpha value is -0.770. The first kappa shape index (κ1) is 8.33. The molecular formula is C7H15N3O. The molecule has 0 saturated carbocycles. The molecule has 4 nitrogen and oxygen atoms in total. The molecule has 0 radical (unpaired) electrons. The summed E-state index contributed by atoms with van der Waals surface area (Å²) >= 11 is 0. The highest BCUT2D eigenvalue weighted by molar-refractivity contribution is 5.73. The van der Waals surface area contributed by atoms with Gasteiger partial charge < -0.3 is 16.0 Å². The van der Waals surface area contributed by atoms with Gasteiger partial charge in [-0.3, -0.25) is 0 Å². The summed E-state index contributed by atoms with van der Waals surface area (Å²) in [5, 5.41) is 8.51. The zero-order valence-corrected chi connectivity index (χ0v) is 6.81. The van der Waals surface area contributed by atoms with Crippen LogP contribution in [0.15, 0.2) is 0 Å². The zero-order valence-electron chi connectivity index (χ0n) is 6.81. The molecule has 1 aliphatic rings. The molecule has 1 heterocycles. The van der Waals surface area contributed by atoms with Crippen LogP contribution in [0.3, 0.4) is 0 Å². The number of rotatable bonds is 3. The second kappa shape index (κ2) is 4.18. The lowest BCUT2D eigenvalue weighted by atomic mass is 10.0. The van der Waals surface area contributed by atoms with Gasteiger partial charge in [0.25, 0.3) is 0 Å². The van der Waals surface area contributed by atoms with Crippen LogP contribution in [0.25, 0.3) is 0 Å². The molecule has 1 saturated heterocycles. The number of carbonyl (C=O) groups is 1. The number of nitrogens with one attached hydrogen (secondary N) is 3. The summed E-state index contributed by atoms with van der Waals surface area (Å²) in [5.41, 5.74) is 0. The van der Waals surface area contributed by atoms with E-state index in [-0.39, 0.29) is 6.03 Å². The Morgan fingerprint density at radius 2 is 2.45 bits per heavy atom. The highest BCUT2D eigenvalue weighted by atomic mass is 16.2. The van der Waals surface area contributed by atoms with Gasteiger partial charge in [-0.25, -0.2) is 4.79 Å². The number of hydrogen-bond donors (Lipinski definition) is 3. The van der Waals surface area contributed by atoms with Gasteiger partial charge in [0.05, 0.1) is 0 Å². The van der Waals surface area contributed by atoms with Gasteiger partial charge in [0.1, 0.15) is 0 Å². The molecule has 1 unspecified atom stereocenters. The Morgan fingerprint density at radius 1 is 1.73 bits per heavy atom. The van der Waals surface area contributed by atoms with Crippen LogP contribution in [-0.2, 0) is 0 Å². The van der Waals surface area contributed by atoms with E-state index in [1.165, 1.54) is 6.42 Å². The zero-order chi connectivity index (χ0) is 8.10. The number of hydrogen-bond acceptors (Lipinski definition) is 2. The molecule has 0 aromatic heterocycles. The van der Waals surface area contributed by atoms with Crippen molar-refractivity contribution in [3.05, 3.63) is 0 Å². The van der Waals surface area contributed by atoms with Crippen molar-refractivity contribution in [1.29, 1.82) is 0 Å². The Kier molecular flexibility index (Phi) is 3.16. The van der Waals surface area contributed by atoms with Crippen molar-refractivity contribution in [2.24, 2.45) is 0 Å². The van der Waals surface area contributed by atoms with Gasteiger partial charge in [0.15, 0.2) is 0 Å². The first-order valence-electron chi connectivity index (χ1n) is 4.02. The maximum absolute atomic E-state index is 10.7. The van der Waals surface area contributed by atoms with Crippen molar-refractivity contribution in [1.82, 2.24) is 16.0 Å². The summed E-state index contributed by atoms with van der Waals surface area (Å²) in [4.78, 5) is 10.7. The predicted molar refractivity (Wildman–Crippen MR) is 43.5 cm³/mol. The molecule has 1 aliphatic heterocycles. The van der Waals surface area contributed by atoms with Crippen molar-refractivity contribution < 1.29 is 4.79 Å². The van der Waals surface area contributed by atoms with E-state index < -0.39 is 0 Å².